The van der Waals surface area contributed by atoms with Gasteiger partial charge in [-0.15, -0.1) is 0 Å². The fraction of sp³-hybridized carbons (Fsp3) is 0. The Morgan fingerprint density at radius 3 is 2.00 bits per heavy atom. The van der Waals surface area contributed by atoms with E-state index < -0.39 is 0 Å². The monoisotopic (exact) mass is 574 g/mol. The van der Waals surface area contributed by atoms with Crippen LogP contribution in [-0.2, 0) is 0 Å². The van der Waals surface area contributed by atoms with Crippen LogP contribution < -0.4 is 4.90 Å². The fourth-order valence-electron chi connectivity index (χ4n) is 7.45. The molecule has 0 bridgehead atoms. The molecule has 0 aliphatic carbocycles. The second-order valence-corrected chi connectivity index (χ2v) is 11.7. The third kappa shape index (κ3) is 3.34. The molecule has 0 fully saturated rings. The van der Waals surface area contributed by atoms with Crippen LogP contribution in [-0.4, -0.2) is 14.1 Å². The maximum atomic E-state index is 4.32. The Balaban J connectivity index is 1.31. The van der Waals surface area contributed by atoms with Crippen molar-refractivity contribution in [2.45, 2.75) is 0 Å². The fourth-order valence-corrected chi connectivity index (χ4v) is 7.45. The van der Waals surface area contributed by atoms with Crippen LogP contribution in [0.15, 0.2) is 158 Å². The van der Waals surface area contributed by atoms with Crippen molar-refractivity contribution >= 4 is 60.7 Å². The molecule has 9 aromatic rings. The van der Waals surface area contributed by atoms with Gasteiger partial charge in [-0.05, 0) is 71.8 Å². The van der Waals surface area contributed by atoms with Gasteiger partial charge in [0, 0.05) is 45.3 Å². The maximum absolute atomic E-state index is 4.32. The second kappa shape index (κ2) is 9.18. The van der Waals surface area contributed by atoms with Crippen LogP contribution in [0.3, 0.4) is 0 Å². The third-order valence-corrected chi connectivity index (χ3v) is 9.30. The lowest BCUT2D eigenvalue weighted by Gasteiger charge is -2.33. The van der Waals surface area contributed by atoms with Crippen molar-refractivity contribution in [2.75, 3.05) is 4.90 Å². The SMILES string of the molecule is c1ccc(-n2c3ccccc3c3ccc4c(c5cccc6c5n4-c4ccccc4N6c4ccc(-c5cccnc5)cc4)c32)cc1. The highest BCUT2D eigenvalue weighted by atomic mass is 15.2. The molecule has 0 saturated heterocycles. The average Bonchev–Trinajstić information content (AvgIpc) is 3.63. The standard InChI is InChI=1S/C41H26N4/c1-2-11-29(12-3-1)44-34-15-5-4-13-31(34)32-23-24-37-39(41(32)44)33-14-8-18-38-40(33)45(37)36-17-7-6-16-35(36)43(38)30-21-19-27(20-22-30)28-10-9-25-42-26-28/h1-26H. The lowest BCUT2D eigenvalue weighted by atomic mass is 10.0. The van der Waals surface area contributed by atoms with Gasteiger partial charge >= 0.3 is 0 Å². The largest absolute Gasteiger partial charge is 0.309 e. The predicted octanol–water partition coefficient (Wildman–Crippen LogP) is 10.7. The molecule has 4 heterocycles. The van der Waals surface area contributed by atoms with Gasteiger partial charge in [0.15, 0.2) is 0 Å². The first-order chi connectivity index (χ1) is 22.4. The summed E-state index contributed by atoms with van der Waals surface area (Å²) in [5.41, 5.74) is 13.0. The van der Waals surface area contributed by atoms with E-state index in [-0.39, 0.29) is 0 Å². The molecule has 4 heteroatoms. The first-order valence-corrected chi connectivity index (χ1v) is 15.3. The normalized spacial score (nSPS) is 12.4. The van der Waals surface area contributed by atoms with Gasteiger partial charge < -0.3 is 14.0 Å². The van der Waals surface area contributed by atoms with Crippen molar-refractivity contribution in [3.63, 3.8) is 0 Å². The van der Waals surface area contributed by atoms with Gasteiger partial charge in [-0.1, -0.05) is 84.9 Å². The summed E-state index contributed by atoms with van der Waals surface area (Å²) in [5.74, 6) is 0. The van der Waals surface area contributed by atoms with Crippen molar-refractivity contribution in [2.24, 2.45) is 0 Å². The van der Waals surface area contributed by atoms with Crippen LogP contribution in [0.1, 0.15) is 0 Å². The molecular formula is C41H26N4. The predicted molar refractivity (Wildman–Crippen MR) is 187 cm³/mol. The van der Waals surface area contributed by atoms with E-state index >= 15 is 0 Å². The van der Waals surface area contributed by atoms with Crippen molar-refractivity contribution in [3.8, 4) is 22.5 Å². The quantitative estimate of drug-likeness (QED) is 0.210. The zero-order valence-corrected chi connectivity index (χ0v) is 24.3. The summed E-state index contributed by atoms with van der Waals surface area (Å²) >= 11 is 0. The molecule has 0 atom stereocenters. The number of hydrogen-bond acceptors (Lipinski definition) is 2. The lowest BCUT2D eigenvalue weighted by molar-refractivity contribution is 1.11. The van der Waals surface area contributed by atoms with Gasteiger partial charge in [0.2, 0.25) is 0 Å². The minimum absolute atomic E-state index is 1.11. The van der Waals surface area contributed by atoms with Crippen LogP contribution in [0.5, 0.6) is 0 Å². The van der Waals surface area contributed by atoms with Crippen LogP contribution in [0, 0.1) is 0 Å². The molecule has 0 spiro atoms. The van der Waals surface area contributed by atoms with E-state index in [1.54, 1.807) is 0 Å². The Hall–Kier alpha value is -6.13. The number of hydrogen-bond donors (Lipinski definition) is 0. The molecule has 0 saturated carbocycles. The number of nitrogens with zero attached hydrogens (tertiary/aromatic N) is 4. The smallest absolute Gasteiger partial charge is 0.0784 e. The van der Waals surface area contributed by atoms with Crippen molar-refractivity contribution in [1.82, 2.24) is 14.1 Å². The number of fused-ring (bicyclic) bond motifs is 9. The summed E-state index contributed by atoms with van der Waals surface area (Å²) in [6.07, 6.45) is 3.73. The van der Waals surface area contributed by atoms with Crippen molar-refractivity contribution in [3.05, 3.63) is 158 Å². The second-order valence-electron chi connectivity index (χ2n) is 11.7. The van der Waals surface area contributed by atoms with E-state index in [2.05, 4.69) is 159 Å². The highest BCUT2D eigenvalue weighted by molar-refractivity contribution is 6.28. The zero-order valence-electron chi connectivity index (χ0n) is 24.3. The summed E-state index contributed by atoms with van der Waals surface area (Å²) in [5, 5.41) is 5.05. The van der Waals surface area contributed by atoms with E-state index in [9.17, 15) is 0 Å². The topological polar surface area (TPSA) is 26.0 Å². The van der Waals surface area contributed by atoms with Gasteiger partial charge in [-0.3, -0.25) is 4.98 Å². The maximum Gasteiger partial charge on any atom is 0.0784 e. The molecule has 0 unspecified atom stereocenters. The van der Waals surface area contributed by atoms with Crippen LogP contribution in [0.25, 0.3) is 66.1 Å². The number of benzene rings is 6. The summed E-state index contributed by atoms with van der Waals surface area (Å²) in [7, 11) is 0. The summed E-state index contributed by atoms with van der Waals surface area (Å²) in [6, 6.07) is 52.6. The molecule has 10 rings (SSSR count). The summed E-state index contributed by atoms with van der Waals surface area (Å²) in [4.78, 5) is 6.73. The molecule has 0 radical (unpaired) electrons. The Morgan fingerprint density at radius 2 is 1.16 bits per heavy atom. The van der Waals surface area contributed by atoms with Gasteiger partial charge in [0.05, 0.1) is 39.1 Å². The van der Waals surface area contributed by atoms with Gasteiger partial charge in [-0.2, -0.15) is 0 Å². The Morgan fingerprint density at radius 1 is 0.400 bits per heavy atom. The number of rotatable bonds is 3. The number of para-hydroxylation sites is 5. The first kappa shape index (κ1) is 24.3. The molecule has 0 amide bonds. The Bertz CT molecular complexity index is 2580. The van der Waals surface area contributed by atoms with Gasteiger partial charge in [0.1, 0.15) is 0 Å². The highest BCUT2D eigenvalue weighted by Crippen LogP contribution is 2.51. The molecular weight excluding hydrogens is 548 g/mol. The Labute approximate surface area is 259 Å². The zero-order chi connectivity index (χ0) is 29.5. The van der Waals surface area contributed by atoms with Crippen molar-refractivity contribution in [1.29, 1.82) is 0 Å². The molecule has 45 heavy (non-hydrogen) atoms. The number of pyridine rings is 1. The van der Waals surface area contributed by atoms with E-state index in [1.807, 2.05) is 18.5 Å². The minimum Gasteiger partial charge on any atom is -0.309 e. The van der Waals surface area contributed by atoms with E-state index in [1.165, 1.54) is 60.7 Å². The van der Waals surface area contributed by atoms with Gasteiger partial charge in [0.25, 0.3) is 0 Å². The minimum atomic E-state index is 1.11. The lowest BCUT2D eigenvalue weighted by Crippen LogP contribution is -2.17. The van der Waals surface area contributed by atoms with E-state index in [0.29, 0.717) is 0 Å². The van der Waals surface area contributed by atoms with Crippen LogP contribution in [0.4, 0.5) is 17.1 Å². The molecule has 1 aliphatic heterocycles. The molecule has 4 nitrogen and oxygen atoms in total. The van der Waals surface area contributed by atoms with Crippen molar-refractivity contribution < 1.29 is 0 Å². The molecule has 3 aromatic heterocycles. The third-order valence-electron chi connectivity index (χ3n) is 9.30. The van der Waals surface area contributed by atoms with Crippen LogP contribution >= 0.6 is 0 Å². The van der Waals surface area contributed by atoms with E-state index in [0.717, 1.165) is 22.5 Å². The van der Waals surface area contributed by atoms with Crippen LogP contribution in [0.2, 0.25) is 0 Å². The molecule has 1 aliphatic rings. The molecule has 6 aromatic carbocycles. The molecule has 210 valence electrons. The molecule has 0 N–H and O–H groups in total. The number of aromatic nitrogens is 3. The number of anilines is 3. The van der Waals surface area contributed by atoms with Gasteiger partial charge in [-0.25, -0.2) is 0 Å². The highest BCUT2D eigenvalue weighted by Gasteiger charge is 2.30. The first-order valence-electron chi connectivity index (χ1n) is 15.3. The van der Waals surface area contributed by atoms with E-state index in [4.69, 9.17) is 0 Å². The Kier molecular flexibility index (Phi) is 4.96. The summed E-state index contributed by atoms with van der Waals surface area (Å²) < 4.78 is 4.92. The summed E-state index contributed by atoms with van der Waals surface area (Å²) in [6.45, 7) is 0. The average molecular weight is 575 g/mol.